The lowest BCUT2D eigenvalue weighted by Gasteiger charge is -2.52. The predicted octanol–water partition coefficient (Wildman–Crippen LogP) is 1.10. The normalized spacial score (nSPS) is 35.5. The van der Waals surface area contributed by atoms with E-state index in [4.69, 9.17) is 9.47 Å². The summed E-state index contributed by atoms with van der Waals surface area (Å²) >= 11 is 0. The second kappa shape index (κ2) is 4.58. The molecule has 2 aliphatic heterocycles. The highest BCUT2D eigenvalue weighted by Gasteiger charge is 2.48. The molecule has 1 N–H and O–H groups in total. The maximum atomic E-state index is 12.1. The Morgan fingerprint density at radius 1 is 1.06 bits per heavy atom. The van der Waals surface area contributed by atoms with Crippen LogP contribution in [0.5, 0.6) is 0 Å². The fourth-order valence-corrected chi connectivity index (χ4v) is 3.33. The van der Waals surface area contributed by atoms with Gasteiger partial charge in [0.2, 0.25) is 5.91 Å². The molecule has 3 fully saturated rings. The van der Waals surface area contributed by atoms with Gasteiger partial charge in [-0.3, -0.25) is 4.79 Å². The molecule has 0 aromatic carbocycles. The Bertz CT molecular complexity index is 293. The van der Waals surface area contributed by atoms with E-state index in [1.807, 2.05) is 0 Å². The summed E-state index contributed by atoms with van der Waals surface area (Å²) in [6, 6.07) is 0.388. The smallest absolute Gasteiger partial charge is 0.225 e. The molecule has 1 saturated carbocycles. The molecule has 0 aromatic rings. The molecule has 2 unspecified atom stereocenters. The molecule has 0 aromatic heterocycles. The number of carbonyl (C=O) groups excluding carboxylic acids is 1. The van der Waals surface area contributed by atoms with Crippen molar-refractivity contribution < 1.29 is 14.3 Å². The van der Waals surface area contributed by atoms with E-state index in [9.17, 15) is 4.79 Å². The van der Waals surface area contributed by atoms with Crippen LogP contribution in [0, 0.1) is 11.3 Å². The standard InChI is InChI=1S/C13H21NO3/c15-12(10-2-6-17-9-10)14-11-1-3-13(11)4-7-16-8-5-13/h10-11H,1-9H2,(H,14,15). The van der Waals surface area contributed by atoms with Gasteiger partial charge in [0.05, 0.1) is 12.5 Å². The van der Waals surface area contributed by atoms with Crippen molar-refractivity contribution in [2.24, 2.45) is 11.3 Å². The van der Waals surface area contributed by atoms with Crippen molar-refractivity contribution in [1.82, 2.24) is 5.32 Å². The van der Waals surface area contributed by atoms with Crippen LogP contribution in [0.2, 0.25) is 0 Å². The third-order valence-corrected chi connectivity index (χ3v) is 4.78. The van der Waals surface area contributed by atoms with Crippen LogP contribution in [-0.2, 0) is 14.3 Å². The molecule has 2 atom stereocenters. The van der Waals surface area contributed by atoms with Crippen molar-refractivity contribution in [1.29, 1.82) is 0 Å². The maximum absolute atomic E-state index is 12.1. The highest BCUT2D eigenvalue weighted by molar-refractivity contribution is 5.79. The lowest BCUT2D eigenvalue weighted by atomic mass is 9.60. The molecule has 1 amide bonds. The van der Waals surface area contributed by atoms with Crippen molar-refractivity contribution in [2.75, 3.05) is 26.4 Å². The van der Waals surface area contributed by atoms with E-state index in [1.54, 1.807) is 0 Å². The second-order valence-corrected chi connectivity index (χ2v) is 5.64. The molecular weight excluding hydrogens is 218 g/mol. The minimum absolute atomic E-state index is 0.0903. The van der Waals surface area contributed by atoms with E-state index in [-0.39, 0.29) is 11.8 Å². The molecule has 3 rings (SSSR count). The minimum Gasteiger partial charge on any atom is -0.381 e. The van der Waals surface area contributed by atoms with Crippen LogP contribution < -0.4 is 5.32 Å². The molecule has 1 aliphatic carbocycles. The van der Waals surface area contributed by atoms with E-state index in [0.717, 1.165) is 45.5 Å². The van der Waals surface area contributed by atoms with Gasteiger partial charge in [-0.05, 0) is 37.5 Å². The first-order valence-corrected chi connectivity index (χ1v) is 6.76. The SMILES string of the molecule is O=C(NC1CCC12CCOCC2)C1CCOC1. The van der Waals surface area contributed by atoms with Crippen LogP contribution in [-0.4, -0.2) is 38.4 Å². The number of ether oxygens (including phenoxy) is 2. The Hall–Kier alpha value is -0.610. The van der Waals surface area contributed by atoms with Gasteiger partial charge in [-0.1, -0.05) is 0 Å². The van der Waals surface area contributed by atoms with Gasteiger partial charge in [0.15, 0.2) is 0 Å². The van der Waals surface area contributed by atoms with Crippen LogP contribution in [0.3, 0.4) is 0 Å². The molecule has 0 bridgehead atoms. The number of nitrogens with one attached hydrogen (secondary N) is 1. The Morgan fingerprint density at radius 3 is 2.47 bits per heavy atom. The second-order valence-electron chi connectivity index (χ2n) is 5.64. The van der Waals surface area contributed by atoms with Gasteiger partial charge >= 0.3 is 0 Å². The molecule has 2 heterocycles. The zero-order valence-electron chi connectivity index (χ0n) is 10.2. The van der Waals surface area contributed by atoms with Crippen LogP contribution in [0.25, 0.3) is 0 Å². The van der Waals surface area contributed by atoms with Gasteiger partial charge in [0.1, 0.15) is 0 Å². The van der Waals surface area contributed by atoms with Crippen molar-refractivity contribution in [3.8, 4) is 0 Å². The molecular formula is C13H21NO3. The molecule has 0 radical (unpaired) electrons. The number of rotatable bonds is 2. The fraction of sp³-hybridized carbons (Fsp3) is 0.923. The topological polar surface area (TPSA) is 47.6 Å². The zero-order chi connectivity index (χ0) is 11.7. The van der Waals surface area contributed by atoms with Crippen LogP contribution in [0.1, 0.15) is 32.1 Å². The fourth-order valence-electron chi connectivity index (χ4n) is 3.33. The third kappa shape index (κ3) is 2.08. The number of carbonyl (C=O) groups is 1. The largest absolute Gasteiger partial charge is 0.381 e. The van der Waals surface area contributed by atoms with Crippen molar-refractivity contribution in [3.63, 3.8) is 0 Å². The van der Waals surface area contributed by atoms with Gasteiger partial charge in [-0.25, -0.2) is 0 Å². The summed E-state index contributed by atoms with van der Waals surface area (Å²) in [4.78, 5) is 12.1. The number of hydrogen-bond donors (Lipinski definition) is 1. The van der Waals surface area contributed by atoms with E-state index < -0.39 is 0 Å². The van der Waals surface area contributed by atoms with Crippen molar-refractivity contribution in [3.05, 3.63) is 0 Å². The summed E-state index contributed by atoms with van der Waals surface area (Å²) < 4.78 is 10.7. The maximum Gasteiger partial charge on any atom is 0.225 e. The Kier molecular flexibility index (Phi) is 3.09. The Balaban J connectivity index is 1.56. The minimum atomic E-state index is 0.0903. The molecule has 96 valence electrons. The summed E-state index contributed by atoms with van der Waals surface area (Å²) in [5.41, 5.74) is 0.355. The van der Waals surface area contributed by atoms with Gasteiger partial charge in [0, 0.05) is 25.9 Å². The number of amides is 1. The Labute approximate surface area is 102 Å². The lowest BCUT2D eigenvalue weighted by molar-refractivity contribution is -0.130. The molecule has 4 nitrogen and oxygen atoms in total. The van der Waals surface area contributed by atoms with Crippen LogP contribution >= 0.6 is 0 Å². The van der Waals surface area contributed by atoms with E-state index >= 15 is 0 Å². The van der Waals surface area contributed by atoms with Crippen molar-refractivity contribution >= 4 is 5.91 Å². The van der Waals surface area contributed by atoms with Crippen LogP contribution in [0.15, 0.2) is 0 Å². The molecule has 1 spiro atoms. The molecule has 17 heavy (non-hydrogen) atoms. The quantitative estimate of drug-likeness (QED) is 0.785. The van der Waals surface area contributed by atoms with Gasteiger partial charge in [-0.15, -0.1) is 0 Å². The summed E-state index contributed by atoms with van der Waals surface area (Å²) in [6.07, 6.45) is 5.49. The average Bonchev–Trinajstić information content (AvgIpc) is 2.89. The van der Waals surface area contributed by atoms with E-state index in [2.05, 4.69) is 5.32 Å². The molecule has 4 heteroatoms. The summed E-state index contributed by atoms with van der Waals surface area (Å²) in [7, 11) is 0. The summed E-state index contributed by atoms with van der Waals surface area (Å²) in [5.74, 6) is 0.297. The highest BCUT2D eigenvalue weighted by Crippen LogP contribution is 2.48. The monoisotopic (exact) mass is 239 g/mol. The van der Waals surface area contributed by atoms with E-state index in [1.165, 1.54) is 6.42 Å². The first kappa shape index (κ1) is 11.5. The molecule has 2 saturated heterocycles. The van der Waals surface area contributed by atoms with E-state index in [0.29, 0.717) is 18.1 Å². The molecule has 3 aliphatic rings. The predicted molar refractivity (Wildman–Crippen MR) is 62.6 cm³/mol. The van der Waals surface area contributed by atoms with Gasteiger partial charge < -0.3 is 14.8 Å². The first-order valence-electron chi connectivity index (χ1n) is 6.76. The lowest BCUT2D eigenvalue weighted by Crippen LogP contribution is -2.58. The zero-order valence-corrected chi connectivity index (χ0v) is 10.2. The number of hydrogen-bond acceptors (Lipinski definition) is 3. The highest BCUT2D eigenvalue weighted by atomic mass is 16.5. The van der Waals surface area contributed by atoms with Gasteiger partial charge in [0.25, 0.3) is 0 Å². The third-order valence-electron chi connectivity index (χ3n) is 4.78. The van der Waals surface area contributed by atoms with Gasteiger partial charge in [-0.2, -0.15) is 0 Å². The summed E-state index contributed by atoms with van der Waals surface area (Å²) in [6.45, 7) is 3.06. The summed E-state index contributed by atoms with van der Waals surface area (Å²) in [5, 5.41) is 3.24. The first-order chi connectivity index (χ1) is 8.30. The average molecular weight is 239 g/mol. The van der Waals surface area contributed by atoms with Crippen molar-refractivity contribution in [2.45, 2.75) is 38.1 Å². The Morgan fingerprint density at radius 2 is 1.88 bits per heavy atom. The van der Waals surface area contributed by atoms with Crippen LogP contribution in [0.4, 0.5) is 0 Å².